The summed E-state index contributed by atoms with van der Waals surface area (Å²) in [5, 5.41) is 21.1. The fraction of sp³-hybridized carbons (Fsp3) is 0.880. The smallest absolute Gasteiger partial charge is 0.306 e. The van der Waals surface area contributed by atoms with Crippen molar-refractivity contribution >= 4 is 5.97 Å². The normalized spacial score (nSPS) is 28.1. The first kappa shape index (κ1) is 26.3. The number of carbonyl (C=O) groups is 1. The first-order valence-corrected chi connectivity index (χ1v) is 12.4. The van der Waals surface area contributed by atoms with Gasteiger partial charge in [0.2, 0.25) is 0 Å². The Hall–Kier alpha value is -0.950. The number of ether oxygens (including phenoxy) is 3. The van der Waals surface area contributed by atoms with Gasteiger partial charge in [-0.05, 0) is 64.2 Å². The van der Waals surface area contributed by atoms with Gasteiger partial charge in [-0.25, -0.2) is 0 Å². The van der Waals surface area contributed by atoms with E-state index in [1.54, 1.807) is 0 Å². The molecule has 1 aliphatic heterocycles. The second-order valence-corrected chi connectivity index (χ2v) is 9.44. The number of rotatable bonds is 14. The molecule has 0 aromatic carbocycles. The SMILES string of the molecule is CCCCCC1(CC[C@@H]2[C@@H](C/C=C\CCCC(=O)OC(C)C)[C@@H](O)C[C@H]2O)OCCO1. The van der Waals surface area contributed by atoms with Gasteiger partial charge in [0.15, 0.2) is 5.79 Å². The lowest BCUT2D eigenvalue weighted by atomic mass is 9.85. The highest BCUT2D eigenvalue weighted by Gasteiger charge is 2.43. The lowest BCUT2D eigenvalue weighted by Crippen LogP contribution is -2.33. The summed E-state index contributed by atoms with van der Waals surface area (Å²) in [6, 6.07) is 0. The monoisotopic (exact) mass is 440 g/mol. The van der Waals surface area contributed by atoms with Crippen LogP contribution < -0.4 is 0 Å². The van der Waals surface area contributed by atoms with Crippen LogP contribution in [0.4, 0.5) is 0 Å². The van der Waals surface area contributed by atoms with E-state index < -0.39 is 18.0 Å². The molecule has 1 saturated carbocycles. The van der Waals surface area contributed by atoms with E-state index in [9.17, 15) is 15.0 Å². The van der Waals surface area contributed by atoms with Crippen LogP contribution in [-0.2, 0) is 19.0 Å². The van der Waals surface area contributed by atoms with Gasteiger partial charge in [0.25, 0.3) is 0 Å². The molecule has 4 atom stereocenters. The largest absolute Gasteiger partial charge is 0.463 e. The predicted octanol–water partition coefficient (Wildman–Crippen LogP) is 4.52. The first-order chi connectivity index (χ1) is 14.9. The van der Waals surface area contributed by atoms with Crippen LogP contribution in [0.2, 0.25) is 0 Å². The van der Waals surface area contributed by atoms with Crippen molar-refractivity contribution in [1.29, 1.82) is 0 Å². The quantitative estimate of drug-likeness (QED) is 0.235. The highest BCUT2D eigenvalue weighted by Crippen LogP contribution is 2.41. The third-order valence-corrected chi connectivity index (χ3v) is 6.55. The van der Waals surface area contributed by atoms with Gasteiger partial charge in [-0.2, -0.15) is 0 Å². The molecule has 1 saturated heterocycles. The molecule has 0 amide bonds. The van der Waals surface area contributed by atoms with Crippen molar-refractivity contribution in [3.05, 3.63) is 12.2 Å². The number of hydrogen-bond acceptors (Lipinski definition) is 6. The summed E-state index contributed by atoms with van der Waals surface area (Å²) >= 11 is 0. The predicted molar refractivity (Wildman–Crippen MR) is 120 cm³/mol. The lowest BCUT2D eigenvalue weighted by molar-refractivity contribution is -0.171. The third-order valence-electron chi connectivity index (χ3n) is 6.55. The average molecular weight is 441 g/mol. The maximum Gasteiger partial charge on any atom is 0.306 e. The summed E-state index contributed by atoms with van der Waals surface area (Å²) in [5.74, 6) is -0.558. The Balaban J connectivity index is 1.79. The van der Waals surface area contributed by atoms with E-state index in [1.807, 2.05) is 13.8 Å². The van der Waals surface area contributed by atoms with E-state index in [0.29, 0.717) is 26.1 Å². The zero-order chi connectivity index (χ0) is 22.7. The van der Waals surface area contributed by atoms with Crippen molar-refractivity contribution in [2.75, 3.05) is 13.2 Å². The number of allylic oxidation sites excluding steroid dienone is 2. The molecule has 180 valence electrons. The number of hydrogen-bond donors (Lipinski definition) is 2. The van der Waals surface area contributed by atoms with Crippen LogP contribution in [0.3, 0.4) is 0 Å². The van der Waals surface area contributed by atoms with Crippen LogP contribution in [0.15, 0.2) is 12.2 Å². The van der Waals surface area contributed by atoms with E-state index in [4.69, 9.17) is 14.2 Å². The summed E-state index contributed by atoms with van der Waals surface area (Å²) < 4.78 is 17.1. The van der Waals surface area contributed by atoms with Gasteiger partial charge < -0.3 is 24.4 Å². The molecule has 2 fully saturated rings. The van der Waals surface area contributed by atoms with Gasteiger partial charge in [-0.1, -0.05) is 31.9 Å². The molecule has 6 nitrogen and oxygen atoms in total. The van der Waals surface area contributed by atoms with Crippen molar-refractivity contribution in [3.8, 4) is 0 Å². The van der Waals surface area contributed by atoms with Crippen molar-refractivity contribution in [2.45, 2.75) is 115 Å². The number of aliphatic hydroxyl groups is 2. The van der Waals surface area contributed by atoms with E-state index in [-0.39, 0.29) is 23.9 Å². The molecule has 2 rings (SSSR count). The summed E-state index contributed by atoms with van der Waals surface area (Å²) in [4.78, 5) is 11.6. The molecule has 2 N–H and O–H groups in total. The summed E-state index contributed by atoms with van der Waals surface area (Å²) in [6.45, 7) is 7.17. The molecule has 0 aromatic heterocycles. The third kappa shape index (κ3) is 8.83. The number of unbranched alkanes of at least 4 members (excludes halogenated alkanes) is 3. The van der Waals surface area contributed by atoms with Gasteiger partial charge in [-0.3, -0.25) is 4.79 Å². The summed E-state index contributed by atoms with van der Waals surface area (Å²) in [6.07, 6.45) is 12.2. The van der Waals surface area contributed by atoms with Crippen LogP contribution in [0.5, 0.6) is 0 Å². The highest BCUT2D eigenvalue weighted by molar-refractivity contribution is 5.69. The molecule has 0 bridgehead atoms. The molecule has 0 aromatic rings. The van der Waals surface area contributed by atoms with Crippen LogP contribution in [0.1, 0.15) is 91.4 Å². The molecule has 1 heterocycles. The van der Waals surface area contributed by atoms with E-state index in [0.717, 1.165) is 51.4 Å². The maximum atomic E-state index is 11.6. The van der Waals surface area contributed by atoms with Crippen LogP contribution >= 0.6 is 0 Å². The van der Waals surface area contributed by atoms with E-state index >= 15 is 0 Å². The number of esters is 1. The second-order valence-electron chi connectivity index (χ2n) is 9.44. The Labute approximate surface area is 188 Å². The minimum Gasteiger partial charge on any atom is -0.463 e. The van der Waals surface area contributed by atoms with Gasteiger partial charge in [0.1, 0.15) is 0 Å². The van der Waals surface area contributed by atoms with Crippen LogP contribution in [0.25, 0.3) is 0 Å². The first-order valence-electron chi connectivity index (χ1n) is 12.4. The lowest BCUT2D eigenvalue weighted by Gasteiger charge is -2.31. The molecule has 2 aliphatic rings. The minimum atomic E-state index is -0.507. The number of aliphatic hydroxyl groups excluding tert-OH is 2. The molecular weight excluding hydrogens is 396 g/mol. The Bertz CT molecular complexity index is 540. The maximum absolute atomic E-state index is 11.6. The topological polar surface area (TPSA) is 85.2 Å². The molecule has 0 unspecified atom stereocenters. The summed E-state index contributed by atoms with van der Waals surface area (Å²) in [5.41, 5.74) is 0. The molecule has 1 aliphatic carbocycles. The second kappa shape index (κ2) is 13.6. The zero-order valence-electron chi connectivity index (χ0n) is 19.8. The van der Waals surface area contributed by atoms with E-state index in [2.05, 4.69) is 19.1 Å². The minimum absolute atomic E-state index is 0.0475. The summed E-state index contributed by atoms with van der Waals surface area (Å²) in [7, 11) is 0. The molecular formula is C25H44O6. The molecule has 6 heteroatoms. The van der Waals surface area contributed by atoms with E-state index in [1.165, 1.54) is 6.42 Å². The van der Waals surface area contributed by atoms with Gasteiger partial charge in [0.05, 0.1) is 31.5 Å². The number of carbonyl (C=O) groups excluding carboxylic acids is 1. The Morgan fingerprint density at radius 3 is 2.45 bits per heavy atom. The fourth-order valence-corrected chi connectivity index (χ4v) is 4.90. The standard InChI is InChI=1S/C25H44O6/c1-4-5-10-14-25(29-16-17-30-25)15-13-21-20(22(26)18-23(21)27)11-8-6-7-9-12-24(28)31-19(2)3/h6,8,19-23,26-27H,4-5,7,9-18H2,1-3H3/b8-6-/t20-,21-,22+,23-/m1/s1. The Morgan fingerprint density at radius 1 is 1.06 bits per heavy atom. The zero-order valence-corrected chi connectivity index (χ0v) is 19.8. The van der Waals surface area contributed by atoms with Gasteiger partial charge >= 0.3 is 5.97 Å². The van der Waals surface area contributed by atoms with Crippen molar-refractivity contribution in [2.24, 2.45) is 11.8 Å². The fourth-order valence-electron chi connectivity index (χ4n) is 4.90. The highest BCUT2D eigenvalue weighted by atomic mass is 16.7. The molecule has 31 heavy (non-hydrogen) atoms. The molecule has 0 spiro atoms. The Morgan fingerprint density at radius 2 is 1.77 bits per heavy atom. The molecule has 0 radical (unpaired) electrons. The van der Waals surface area contributed by atoms with Crippen LogP contribution in [0, 0.1) is 11.8 Å². The van der Waals surface area contributed by atoms with Crippen LogP contribution in [-0.4, -0.2) is 53.5 Å². The van der Waals surface area contributed by atoms with Crippen molar-refractivity contribution < 1.29 is 29.2 Å². The van der Waals surface area contributed by atoms with Gasteiger partial charge in [-0.15, -0.1) is 0 Å². The van der Waals surface area contributed by atoms with Gasteiger partial charge in [0, 0.05) is 19.3 Å². The average Bonchev–Trinajstić information content (AvgIpc) is 3.27. The Kier molecular flexibility index (Phi) is 11.5. The van der Waals surface area contributed by atoms with Crippen molar-refractivity contribution in [1.82, 2.24) is 0 Å². The van der Waals surface area contributed by atoms with Crippen molar-refractivity contribution in [3.63, 3.8) is 0 Å².